The molecule has 26 heavy (non-hydrogen) atoms. The van der Waals surface area contributed by atoms with E-state index in [9.17, 15) is 14.0 Å². The molecule has 1 fully saturated rings. The maximum atomic E-state index is 13.1. The van der Waals surface area contributed by atoms with Crippen LogP contribution in [0.1, 0.15) is 34.6 Å². The van der Waals surface area contributed by atoms with Gasteiger partial charge in [0, 0.05) is 59.1 Å². The number of rotatable bonds is 5. The van der Waals surface area contributed by atoms with E-state index < -0.39 is 6.17 Å². The average molecular weight is 352 g/mol. The third kappa shape index (κ3) is 2.82. The van der Waals surface area contributed by atoms with E-state index >= 15 is 0 Å². The van der Waals surface area contributed by atoms with E-state index in [0.29, 0.717) is 24.2 Å². The maximum Gasteiger partial charge on any atom is 0.159 e. The SMILES string of the molecule is CC(=O)c1ccc2c(c1)c1cc(C(C)=O)ccc1n2CCN1CC(F)C1. The van der Waals surface area contributed by atoms with Crippen LogP contribution in [0.2, 0.25) is 0 Å². The van der Waals surface area contributed by atoms with Crippen molar-refractivity contribution in [1.29, 1.82) is 0 Å². The second kappa shape index (κ2) is 6.32. The summed E-state index contributed by atoms with van der Waals surface area (Å²) < 4.78 is 15.3. The Morgan fingerprint density at radius 1 is 0.923 bits per heavy atom. The van der Waals surface area contributed by atoms with Crippen molar-refractivity contribution in [1.82, 2.24) is 9.47 Å². The zero-order chi connectivity index (χ0) is 18.4. The van der Waals surface area contributed by atoms with Crippen LogP contribution in [0.15, 0.2) is 36.4 Å². The highest BCUT2D eigenvalue weighted by Gasteiger charge is 2.25. The molecule has 0 spiro atoms. The zero-order valence-corrected chi connectivity index (χ0v) is 15.0. The van der Waals surface area contributed by atoms with Crippen molar-refractivity contribution in [2.45, 2.75) is 26.6 Å². The van der Waals surface area contributed by atoms with E-state index in [-0.39, 0.29) is 11.6 Å². The molecule has 0 bridgehead atoms. The molecule has 0 atom stereocenters. The molecule has 1 aliphatic rings. The van der Waals surface area contributed by atoms with E-state index in [4.69, 9.17) is 0 Å². The Kier molecular flexibility index (Phi) is 4.11. The van der Waals surface area contributed by atoms with Crippen molar-refractivity contribution >= 4 is 33.4 Å². The van der Waals surface area contributed by atoms with Crippen LogP contribution >= 0.6 is 0 Å². The summed E-state index contributed by atoms with van der Waals surface area (Å²) in [4.78, 5) is 25.7. The van der Waals surface area contributed by atoms with Gasteiger partial charge in [-0.05, 0) is 50.2 Å². The molecule has 3 aromatic rings. The van der Waals surface area contributed by atoms with E-state index in [2.05, 4.69) is 9.47 Å². The lowest BCUT2D eigenvalue weighted by Gasteiger charge is -2.34. The van der Waals surface area contributed by atoms with Crippen LogP contribution in [0.3, 0.4) is 0 Å². The van der Waals surface area contributed by atoms with Crippen molar-refractivity contribution in [3.63, 3.8) is 0 Å². The Bertz CT molecular complexity index is 960. The number of likely N-dealkylation sites (tertiary alicyclic amines) is 1. The second-order valence-corrected chi connectivity index (χ2v) is 7.08. The third-order valence-electron chi connectivity index (χ3n) is 5.23. The molecular formula is C21H21FN2O2. The molecule has 2 heterocycles. The summed E-state index contributed by atoms with van der Waals surface area (Å²) in [6, 6.07) is 11.4. The molecule has 0 aliphatic carbocycles. The highest BCUT2D eigenvalue weighted by Crippen LogP contribution is 2.31. The number of carbonyl (C=O) groups is 2. The molecular weight excluding hydrogens is 331 g/mol. The van der Waals surface area contributed by atoms with Crippen LogP contribution in [-0.2, 0) is 6.54 Å². The van der Waals surface area contributed by atoms with Gasteiger partial charge in [0.15, 0.2) is 11.6 Å². The smallest absolute Gasteiger partial charge is 0.159 e. The molecule has 0 radical (unpaired) electrons. The Balaban J connectivity index is 1.84. The fraction of sp³-hybridized carbons (Fsp3) is 0.333. The Labute approximate surface area is 151 Å². The standard InChI is InChI=1S/C21H21FN2O2/c1-13(25)15-3-5-20-18(9-15)19-10-16(14(2)26)4-6-21(19)24(20)8-7-23-11-17(22)12-23/h3-6,9-10,17H,7-8,11-12H2,1-2H3. The lowest BCUT2D eigenvalue weighted by molar-refractivity contribution is 0.0634. The van der Waals surface area contributed by atoms with Crippen LogP contribution in [0.4, 0.5) is 4.39 Å². The van der Waals surface area contributed by atoms with Crippen LogP contribution in [0, 0.1) is 0 Å². The molecule has 134 valence electrons. The van der Waals surface area contributed by atoms with Gasteiger partial charge in [-0.2, -0.15) is 0 Å². The van der Waals surface area contributed by atoms with Crippen LogP contribution in [0.5, 0.6) is 0 Å². The first kappa shape index (κ1) is 16.9. The predicted molar refractivity (Wildman–Crippen MR) is 101 cm³/mol. The summed E-state index contributed by atoms with van der Waals surface area (Å²) in [7, 11) is 0. The minimum absolute atomic E-state index is 0.0186. The summed E-state index contributed by atoms with van der Waals surface area (Å²) in [6.45, 7) is 5.63. The fourth-order valence-corrected chi connectivity index (χ4v) is 3.71. The lowest BCUT2D eigenvalue weighted by atomic mass is 10.0. The topological polar surface area (TPSA) is 42.3 Å². The summed E-state index contributed by atoms with van der Waals surface area (Å²) >= 11 is 0. The number of halogens is 1. The summed E-state index contributed by atoms with van der Waals surface area (Å²) in [5.74, 6) is 0.0372. The largest absolute Gasteiger partial charge is 0.339 e. The van der Waals surface area contributed by atoms with Gasteiger partial charge in [0.05, 0.1) is 0 Å². The summed E-state index contributed by atoms with van der Waals surface area (Å²) in [6.07, 6.45) is -0.704. The van der Waals surface area contributed by atoms with E-state index in [0.717, 1.165) is 34.9 Å². The fourth-order valence-electron chi connectivity index (χ4n) is 3.71. The van der Waals surface area contributed by atoms with Crippen molar-refractivity contribution in [2.24, 2.45) is 0 Å². The average Bonchev–Trinajstić information content (AvgIpc) is 2.90. The Morgan fingerprint density at radius 3 is 1.85 bits per heavy atom. The minimum atomic E-state index is -0.704. The molecule has 5 heteroatoms. The highest BCUT2D eigenvalue weighted by molar-refractivity contribution is 6.12. The molecule has 4 rings (SSSR count). The van der Waals surface area contributed by atoms with Crippen molar-refractivity contribution in [3.8, 4) is 0 Å². The molecule has 1 aliphatic heterocycles. The number of hydrogen-bond acceptors (Lipinski definition) is 3. The molecule has 0 unspecified atom stereocenters. The minimum Gasteiger partial charge on any atom is -0.339 e. The molecule has 4 nitrogen and oxygen atoms in total. The van der Waals surface area contributed by atoms with Crippen LogP contribution in [-0.4, -0.2) is 46.8 Å². The first-order chi connectivity index (χ1) is 12.4. The van der Waals surface area contributed by atoms with Gasteiger partial charge in [-0.25, -0.2) is 4.39 Å². The van der Waals surface area contributed by atoms with E-state index in [1.54, 1.807) is 13.8 Å². The molecule has 0 amide bonds. The number of alkyl halides is 1. The first-order valence-electron chi connectivity index (χ1n) is 8.88. The third-order valence-corrected chi connectivity index (χ3v) is 5.23. The van der Waals surface area contributed by atoms with Gasteiger partial charge in [0.1, 0.15) is 6.17 Å². The normalized spacial score (nSPS) is 15.5. The van der Waals surface area contributed by atoms with E-state index in [1.807, 2.05) is 36.4 Å². The molecule has 1 aromatic heterocycles. The number of benzene rings is 2. The van der Waals surface area contributed by atoms with Crippen LogP contribution < -0.4 is 0 Å². The monoisotopic (exact) mass is 352 g/mol. The zero-order valence-electron chi connectivity index (χ0n) is 15.0. The summed E-state index contributed by atoms with van der Waals surface area (Å²) in [5, 5.41) is 1.95. The Hall–Kier alpha value is -2.53. The van der Waals surface area contributed by atoms with Crippen LogP contribution in [0.25, 0.3) is 21.8 Å². The van der Waals surface area contributed by atoms with Gasteiger partial charge in [-0.15, -0.1) is 0 Å². The Morgan fingerprint density at radius 2 is 1.42 bits per heavy atom. The highest BCUT2D eigenvalue weighted by atomic mass is 19.1. The molecule has 0 N–H and O–H groups in total. The molecule has 0 saturated carbocycles. The number of hydrogen-bond donors (Lipinski definition) is 0. The van der Waals surface area contributed by atoms with Gasteiger partial charge in [0.2, 0.25) is 0 Å². The lowest BCUT2D eigenvalue weighted by Crippen LogP contribution is -2.49. The molecule has 1 saturated heterocycles. The van der Waals surface area contributed by atoms with Crippen molar-refractivity contribution in [2.75, 3.05) is 19.6 Å². The number of aromatic nitrogens is 1. The van der Waals surface area contributed by atoms with Crippen molar-refractivity contribution in [3.05, 3.63) is 47.5 Å². The van der Waals surface area contributed by atoms with Gasteiger partial charge < -0.3 is 4.57 Å². The van der Waals surface area contributed by atoms with Gasteiger partial charge in [0.25, 0.3) is 0 Å². The number of carbonyl (C=O) groups excluding carboxylic acids is 2. The number of fused-ring (bicyclic) bond motifs is 3. The quantitative estimate of drug-likeness (QED) is 0.655. The second-order valence-electron chi connectivity index (χ2n) is 7.08. The van der Waals surface area contributed by atoms with Gasteiger partial charge in [-0.3, -0.25) is 14.5 Å². The number of ketones is 2. The van der Waals surface area contributed by atoms with Gasteiger partial charge in [-0.1, -0.05) is 0 Å². The number of nitrogens with zero attached hydrogens (tertiary/aromatic N) is 2. The maximum absolute atomic E-state index is 13.1. The predicted octanol–water partition coefficient (Wildman–Crippen LogP) is 3.85. The van der Waals surface area contributed by atoms with E-state index in [1.165, 1.54) is 0 Å². The first-order valence-corrected chi connectivity index (χ1v) is 8.88. The van der Waals surface area contributed by atoms with Gasteiger partial charge >= 0.3 is 0 Å². The van der Waals surface area contributed by atoms with Crippen molar-refractivity contribution < 1.29 is 14.0 Å². The summed E-state index contributed by atoms with van der Waals surface area (Å²) in [5.41, 5.74) is 3.38. The number of Topliss-reactive ketones (excluding diaryl/α,β-unsaturated/α-hetero) is 2. The molecule has 2 aromatic carbocycles.